The lowest BCUT2D eigenvalue weighted by Gasteiger charge is -2.37. The average Bonchev–Trinajstić information content (AvgIpc) is 2.83. The van der Waals surface area contributed by atoms with Gasteiger partial charge < -0.3 is 9.80 Å². The highest BCUT2D eigenvalue weighted by molar-refractivity contribution is 7.92. The van der Waals surface area contributed by atoms with Crippen molar-refractivity contribution in [3.8, 4) is 0 Å². The van der Waals surface area contributed by atoms with Crippen molar-refractivity contribution in [1.82, 2.24) is 4.90 Å². The lowest BCUT2D eigenvalue weighted by molar-refractivity contribution is -0.129. The van der Waals surface area contributed by atoms with E-state index in [0.29, 0.717) is 31.9 Å². The van der Waals surface area contributed by atoms with Gasteiger partial charge in [0.05, 0.1) is 21.3 Å². The summed E-state index contributed by atoms with van der Waals surface area (Å²) in [7, 11) is -4.05. The minimum Gasteiger partial charge on any atom is -0.366 e. The first-order valence-electron chi connectivity index (χ1n) is 10.9. The second kappa shape index (κ2) is 10.0. The Morgan fingerprint density at radius 2 is 1.56 bits per heavy atom. The fourth-order valence-electron chi connectivity index (χ4n) is 3.92. The molecule has 9 heteroatoms. The highest BCUT2D eigenvalue weighted by atomic mass is 35.5. The third kappa shape index (κ3) is 5.03. The zero-order valence-electron chi connectivity index (χ0n) is 18.7. The van der Waals surface area contributed by atoms with Crippen molar-refractivity contribution < 1.29 is 17.6 Å². The molecule has 34 heavy (non-hydrogen) atoms. The highest BCUT2D eigenvalue weighted by Gasteiger charge is 2.31. The van der Waals surface area contributed by atoms with E-state index < -0.39 is 10.0 Å². The monoisotopic (exact) mass is 501 g/mol. The second-order valence-electron chi connectivity index (χ2n) is 8.10. The van der Waals surface area contributed by atoms with Crippen molar-refractivity contribution in [2.24, 2.45) is 0 Å². The lowest BCUT2D eigenvalue weighted by atomic mass is 10.2. The number of amides is 1. The van der Waals surface area contributed by atoms with Gasteiger partial charge in [-0.25, -0.2) is 12.8 Å². The van der Waals surface area contributed by atoms with Crippen molar-refractivity contribution in [3.63, 3.8) is 0 Å². The number of nitrogens with zero attached hydrogens (tertiary/aromatic N) is 3. The van der Waals surface area contributed by atoms with Crippen LogP contribution >= 0.6 is 11.6 Å². The van der Waals surface area contributed by atoms with Gasteiger partial charge in [0.1, 0.15) is 12.4 Å². The Morgan fingerprint density at radius 3 is 2.21 bits per heavy atom. The van der Waals surface area contributed by atoms with E-state index in [1.807, 2.05) is 11.8 Å². The molecule has 0 bridgehead atoms. The first-order chi connectivity index (χ1) is 16.3. The molecule has 1 amide bonds. The molecule has 3 aromatic rings. The number of sulfonamides is 1. The molecule has 1 fully saturated rings. The molecule has 0 unspecified atom stereocenters. The van der Waals surface area contributed by atoms with E-state index in [2.05, 4.69) is 0 Å². The van der Waals surface area contributed by atoms with Crippen molar-refractivity contribution in [1.29, 1.82) is 0 Å². The lowest BCUT2D eigenvalue weighted by Crippen LogP contribution is -2.52. The molecule has 4 rings (SSSR count). The number of anilines is 2. The van der Waals surface area contributed by atoms with Crippen LogP contribution in [0.1, 0.15) is 5.56 Å². The van der Waals surface area contributed by atoms with Gasteiger partial charge in [-0.05, 0) is 43.3 Å². The standard InChI is InChI=1S/C25H25ClFN3O3S/c1-19-10-12-20(13-11-19)34(32,33)30(23-8-4-2-6-21(23)26)18-25(31)29-16-14-28(15-17-29)24-9-5-3-7-22(24)27/h2-13H,14-18H2,1H3. The van der Waals surface area contributed by atoms with Crippen LogP contribution in [0.15, 0.2) is 77.7 Å². The highest BCUT2D eigenvalue weighted by Crippen LogP contribution is 2.30. The second-order valence-corrected chi connectivity index (χ2v) is 10.4. The predicted molar refractivity (Wildman–Crippen MR) is 132 cm³/mol. The van der Waals surface area contributed by atoms with Crippen LogP contribution in [0.3, 0.4) is 0 Å². The molecule has 1 aliphatic heterocycles. The van der Waals surface area contributed by atoms with Gasteiger partial charge in [0.2, 0.25) is 5.91 Å². The average molecular weight is 502 g/mol. The van der Waals surface area contributed by atoms with Gasteiger partial charge >= 0.3 is 0 Å². The number of carbonyl (C=O) groups is 1. The molecule has 0 aliphatic carbocycles. The van der Waals surface area contributed by atoms with Crippen LogP contribution in [-0.2, 0) is 14.8 Å². The quantitative estimate of drug-likeness (QED) is 0.504. The Labute approximate surface area is 204 Å². The number of hydrogen-bond acceptors (Lipinski definition) is 4. The molecule has 178 valence electrons. The fourth-order valence-corrected chi connectivity index (χ4v) is 5.64. The van der Waals surface area contributed by atoms with E-state index in [-0.39, 0.29) is 33.9 Å². The van der Waals surface area contributed by atoms with Gasteiger partial charge in [-0.1, -0.05) is 53.6 Å². The van der Waals surface area contributed by atoms with Crippen molar-refractivity contribution in [3.05, 3.63) is 89.2 Å². The van der Waals surface area contributed by atoms with E-state index in [9.17, 15) is 17.6 Å². The predicted octanol–water partition coefficient (Wildman–Crippen LogP) is 4.33. The van der Waals surface area contributed by atoms with E-state index >= 15 is 0 Å². The van der Waals surface area contributed by atoms with Crippen LogP contribution in [0.4, 0.5) is 15.8 Å². The number of halogens is 2. The zero-order valence-corrected chi connectivity index (χ0v) is 20.3. The van der Waals surface area contributed by atoms with Crippen LogP contribution < -0.4 is 9.21 Å². The van der Waals surface area contributed by atoms with E-state index in [4.69, 9.17) is 11.6 Å². The third-order valence-electron chi connectivity index (χ3n) is 5.83. The van der Waals surface area contributed by atoms with Crippen LogP contribution in [0.25, 0.3) is 0 Å². The molecule has 0 N–H and O–H groups in total. The summed E-state index contributed by atoms with van der Waals surface area (Å²) in [4.78, 5) is 16.8. The van der Waals surface area contributed by atoms with Gasteiger partial charge in [-0.3, -0.25) is 9.10 Å². The SMILES string of the molecule is Cc1ccc(S(=O)(=O)N(CC(=O)N2CCN(c3ccccc3F)CC2)c2ccccc2Cl)cc1. The third-order valence-corrected chi connectivity index (χ3v) is 7.93. The van der Waals surface area contributed by atoms with Crippen molar-refractivity contribution in [2.75, 3.05) is 41.9 Å². The van der Waals surface area contributed by atoms with Gasteiger partial charge in [0, 0.05) is 26.2 Å². The summed E-state index contributed by atoms with van der Waals surface area (Å²) < 4.78 is 42.3. The zero-order chi connectivity index (χ0) is 24.3. The first-order valence-corrected chi connectivity index (χ1v) is 12.7. The molecule has 1 saturated heterocycles. The molecular formula is C25H25ClFN3O3S. The molecular weight excluding hydrogens is 477 g/mol. The van der Waals surface area contributed by atoms with Crippen LogP contribution in [0.2, 0.25) is 5.02 Å². The van der Waals surface area contributed by atoms with E-state index in [1.54, 1.807) is 59.5 Å². The maximum atomic E-state index is 14.1. The van der Waals surface area contributed by atoms with Gasteiger partial charge in [0.25, 0.3) is 10.0 Å². The summed E-state index contributed by atoms with van der Waals surface area (Å²) in [5.41, 5.74) is 1.66. The normalized spacial score (nSPS) is 14.2. The summed E-state index contributed by atoms with van der Waals surface area (Å²) in [6.45, 7) is 3.08. The summed E-state index contributed by atoms with van der Waals surface area (Å²) in [6, 6.07) is 19.5. The maximum absolute atomic E-state index is 14.1. The largest absolute Gasteiger partial charge is 0.366 e. The molecule has 1 heterocycles. The van der Waals surface area contributed by atoms with Crippen LogP contribution in [-0.4, -0.2) is 51.9 Å². The molecule has 0 saturated carbocycles. The first kappa shape index (κ1) is 24.0. The number of benzene rings is 3. The number of hydrogen-bond donors (Lipinski definition) is 0. The van der Waals surface area contributed by atoms with Crippen LogP contribution in [0, 0.1) is 12.7 Å². The Hall–Kier alpha value is -3.10. The molecule has 3 aromatic carbocycles. The Kier molecular flexibility index (Phi) is 7.09. The fraction of sp³-hybridized carbons (Fsp3) is 0.240. The molecule has 0 aromatic heterocycles. The Morgan fingerprint density at radius 1 is 0.941 bits per heavy atom. The Balaban J connectivity index is 1.55. The number of carbonyl (C=O) groups excluding carboxylic acids is 1. The minimum atomic E-state index is -4.05. The molecule has 1 aliphatic rings. The van der Waals surface area contributed by atoms with Crippen molar-refractivity contribution >= 4 is 38.9 Å². The van der Waals surface area contributed by atoms with Gasteiger partial charge in [-0.15, -0.1) is 0 Å². The summed E-state index contributed by atoms with van der Waals surface area (Å²) in [5.74, 6) is -0.653. The molecule has 0 spiro atoms. The number of rotatable bonds is 6. The molecule has 0 radical (unpaired) electrons. The maximum Gasteiger partial charge on any atom is 0.264 e. The van der Waals surface area contributed by atoms with E-state index in [0.717, 1.165) is 9.87 Å². The summed E-state index contributed by atoms with van der Waals surface area (Å²) in [5, 5.41) is 0.232. The van der Waals surface area contributed by atoms with Crippen LogP contribution in [0.5, 0.6) is 0 Å². The summed E-state index contributed by atoms with van der Waals surface area (Å²) >= 11 is 6.34. The molecule has 6 nitrogen and oxygen atoms in total. The van der Waals surface area contributed by atoms with E-state index in [1.165, 1.54) is 18.2 Å². The summed E-state index contributed by atoms with van der Waals surface area (Å²) in [6.07, 6.45) is 0. The van der Waals surface area contributed by atoms with Gasteiger partial charge in [0.15, 0.2) is 0 Å². The van der Waals surface area contributed by atoms with Crippen molar-refractivity contribution in [2.45, 2.75) is 11.8 Å². The van der Waals surface area contributed by atoms with Gasteiger partial charge in [-0.2, -0.15) is 0 Å². The smallest absolute Gasteiger partial charge is 0.264 e. The number of aryl methyl sites for hydroxylation is 1. The Bertz CT molecular complexity index is 1280. The number of para-hydroxylation sites is 2. The molecule has 0 atom stereocenters. The topological polar surface area (TPSA) is 60.9 Å². The number of piperazine rings is 1. The minimum absolute atomic E-state index is 0.0789.